The third-order valence-corrected chi connectivity index (χ3v) is 3.93. The number of carbonyl (C=O) groups excluding carboxylic acids is 1. The van der Waals surface area contributed by atoms with Gasteiger partial charge in [-0.1, -0.05) is 0 Å². The zero-order chi connectivity index (χ0) is 30.4. The maximum Gasteiger partial charge on any atom is 0.462 e. The smallest absolute Gasteiger partial charge is 0.321 e. The monoisotopic (exact) mass is 596 g/mol. The summed E-state index contributed by atoms with van der Waals surface area (Å²) in [5.74, 6) is -26.4. The van der Waals surface area contributed by atoms with Crippen LogP contribution in [0.25, 0.3) is 0 Å². The summed E-state index contributed by atoms with van der Waals surface area (Å²) >= 11 is 0. The minimum Gasteiger partial charge on any atom is -0.321 e. The summed E-state index contributed by atoms with van der Waals surface area (Å²) in [6, 6.07) is 3.75. The highest BCUT2D eigenvalue weighted by Gasteiger charge is 2.85. The first-order chi connectivity index (χ1) is 16.6. The molecule has 0 radical (unpaired) electrons. The molecule has 1 N–H and O–H groups in total. The van der Waals surface area contributed by atoms with Crippen molar-refractivity contribution in [1.29, 1.82) is 5.26 Å². The molecule has 1 aromatic carbocycles. The first-order valence-corrected chi connectivity index (χ1v) is 8.53. The molecule has 0 heterocycles. The van der Waals surface area contributed by atoms with E-state index in [0.29, 0.717) is 24.3 Å². The first-order valence-electron chi connectivity index (χ1n) is 8.53. The van der Waals surface area contributed by atoms with Crippen LogP contribution < -0.4 is 5.32 Å². The molecule has 1 aromatic rings. The van der Waals surface area contributed by atoms with E-state index < -0.39 is 60.0 Å². The van der Waals surface area contributed by atoms with Crippen LogP contribution in [0.15, 0.2) is 24.3 Å². The Hall–Kier alpha value is -3.09. The number of nitrogens with one attached hydrogen (secondary N) is 1. The van der Waals surface area contributed by atoms with Crippen LogP contribution >= 0.6 is 0 Å². The molecule has 0 bridgehead atoms. The van der Waals surface area contributed by atoms with E-state index in [1.807, 2.05) is 4.74 Å². The summed E-state index contributed by atoms with van der Waals surface area (Å²) in [6.07, 6.45) is -38.7. The molecule has 216 valence electrons. The predicted octanol–water partition coefficient (Wildman–Crippen LogP) is 6.37. The second-order valence-corrected chi connectivity index (χ2v) is 6.64. The van der Waals surface area contributed by atoms with E-state index in [1.165, 1.54) is 10.8 Å². The minimum atomic E-state index is -8.09. The van der Waals surface area contributed by atoms with Gasteiger partial charge in [-0.25, -0.2) is 0 Å². The van der Waals surface area contributed by atoms with Crippen molar-refractivity contribution in [1.82, 2.24) is 0 Å². The number of anilines is 1. The van der Waals surface area contributed by atoms with Gasteiger partial charge in [0.05, 0.1) is 11.6 Å². The number of alkyl halides is 17. The van der Waals surface area contributed by atoms with Gasteiger partial charge in [0, 0.05) is 5.69 Å². The summed E-state index contributed by atoms with van der Waals surface area (Å²) < 4.78 is 226. The molecule has 38 heavy (non-hydrogen) atoms. The lowest BCUT2D eigenvalue weighted by Crippen LogP contribution is -2.68. The van der Waals surface area contributed by atoms with Crippen molar-refractivity contribution in [3.05, 3.63) is 29.8 Å². The third-order valence-electron chi connectivity index (χ3n) is 3.93. The second-order valence-electron chi connectivity index (χ2n) is 6.64. The van der Waals surface area contributed by atoms with Gasteiger partial charge in [0.2, 0.25) is 0 Å². The van der Waals surface area contributed by atoms with E-state index in [-0.39, 0.29) is 5.56 Å². The lowest BCUT2D eigenvalue weighted by atomic mass is 10.2. The Balaban J connectivity index is 3.61. The number of amides is 1. The SMILES string of the molecule is N#Cc1ccc(NC(=O)C(F)(OC(F)(F)C(F)(OC(F)(F)C(F)(F)C(F)(F)F)C(F)(F)F)C(F)(F)F)cc1. The average Bonchev–Trinajstić information content (AvgIpc) is 2.70. The molecule has 0 fully saturated rings. The summed E-state index contributed by atoms with van der Waals surface area (Å²) in [4.78, 5) is 11.7. The largest absolute Gasteiger partial charge is 0.462 e. The highest BCUT2D eigenvalue weighted by molar-refractivity contribution is 5.96. The van der Waals surface area contributed by atoms with Crippen LogP contribution in [0.4, 0.5) is 80.3 Å². The van der Waals surface area contributed by atoms with Crippen molar-refractivity contribution in [2.45, 2.75) is 48.4 Å². The van der Waals surface area contributed by atoms with Crippen molar-refractivity contribution < 1.29 is 88.9 Å². The normalized spacial score (nSPS) is 17.3. The van der Waals surface area contributed by atoms with E-state index in [0.717, 1.165) is 5.32 Å². The van der Waals surface area contributed by atoms with E-state index in [1.54, 1.807) is 0 Å². The molecular weight excluding hydrogens is 591 g/mol. The molecule has 5 nitrogen and oxygen atoms in total. The Morgan fingerprint density at radius 2 is 1.11 bits per heavy atom. The Labute approximate surface area is 196 Å². The molecule has 0 aliphatic carbocycles. The molecule has 0 aliphatic heterocycles. The van der Waals surface area contributed by atoms with Gasteiger partial charge in [-0.2, -0.15) is 79.9 Å². The van der Waals surface area contributed by atoms with Crippen molar-refractivity contribution in [2.24, 2.45) is 0 Å². The molecule has 2 unspecified atom stereocenters. The highest BCUT2D eigenvalue weighted by Crippen LogP contribution is 2.56. The Morgan fingerprint density at radius 3 is 1.45 bits per heavy atom. The van der Waals surface area contributed by atoms with E-state index in [2.05, 4.69) is 0 Å². The first kappa shape index (κ1) is 32.9. The minimum absolute atomic E-state index is 0.283. The van der Waals surface area contributed by atoms with Crippen LogP contribution in [0.2, 0.25) is 0 Å². The average molecular weight is 596 g/mol. The van der Waals surface area contributed by atoms with Crippen molar-refractivity contribution >= 4 is 11.6 Å². The molecule has 1 amide bonds. The van der Waals surface area contributed by atoms with Gasteiger partial charge in [0.25, 0.3) is 5.91 Å². The number of rotatable bonds is 8. The Bertz CT molecular complexity index is 1060. The van der Waals surface area contributed by atoms with Gasteiger partial charge in [-0.05, 0) is 24.3 Å². The lowest BCUT2D eigenvalue weighted by molar-refractivity contribution is -0.548. The van der Waals surface area contributed by atoms with Crippen LogP contribution in [-0.2, 0) is 14.3 Å². The van der Waals surface area contributed by atoms with Gasteiger partial charge in [0.15, 0.2) is 0 Å². The molecule has 0 aliphatic rings. The molecule has 0 aromatic heterocycles. The number of hydrogen-bond acceptors (Lipinski definition) is 4. The van der Waals surface area contributed by atoms with Gasteiger partial charge < -0.3 is 5.32 Å². The Kier molecular flexibility index (Phi) is 8.31. The van der Waals surface area contributed by atoms with Crippen LogP contribution in [-0.4, -0.2) is 54.3 Å². The van der Waals surface area contributed by atoms with Crippen LogP contribution in [0.3, 0.4) is 0 Å². The number of nitriles is 1. The fourth-order valence-corrected chi connectivity index (χ4v) is 2.00. The number of nitrogens with zero attached hydrogens (tertiary/aromatic N) is 1. The number of carbonyl (C=O) groups is 1. The van der Waals surface area contributed by atoms with Gasteiger partial charge in [-0.15, -0.1) is 0 Å². The second kappa shape index (κ2) is 9.58. The quantitative estimate of drug-likeness (QED) is 0.355. The topological polar surface area (TPSA) is 71.4 Å². The van der Waals surface area contributed by atoms with Gasteiger partial charge >= 0.3 is 48.4 Å². The third kappa shape index (κ3) is 5.82. The van der Waals surface area contributed by atoms with E-state index in [9.17, 15) is 79.4 Å². The summed E-state index contributed by atoms with van der Waals surface area (Å²) in [7, 11) is 0. The lowest BCUT2D eigenvalue weighted by Gasteiger charge is -2.40. The molecule has 0 saturated heterocycles. The summed E-state index contributed by atoms with van der Waals surface area (Å²) in [6.45, 7) is 0. The standard InChI is InChI=1S/C16H5F17N2O3/c17-9(12(21,22)23,8(36)35-7-3-1-6(5-34)2-4-7)37-16(32,33)11(20,14(27,28)29)38-15(30,31)10(18,19)13(24,25)26/h1-4H,(H,35,36). The number of benzene rings is 1. The van der Waals surface area contributed by atoms with Gasteiger partial charge in [-0.3, -0.25) is 14.3 Å². The summed E-state index contributed by atoms with van der Waals surface area (Å²) in [5.41, 5.74) is -1.31. The highest BCUT2D eigenvalue weighted by atomic mass is 19.4. The fourth-order valence-electron chi connectivity index (χ4n) is 2.00. The predicted molar refractivity (Wildman–Crippen MR) is 82.6 cm³/mol. The summed E-state index contributed by atoms with van der Waals surface area (Å²) in [5, 5.41) is 9.32. The molecule has 2 atom stereocenters. The molecule has 0 saturated carbocycles. The number of halogens is 17. The maximum atomic E-state index is 14.4. The van der Waals surface area contributed by atoms with Crippen molar-refractivity contribution in [2.75, 3.05) is 5.32 Å². The van der Waals surface area contributed by atoms with Crippen LogP contribution in [0.1, 0.15) is 5.56 Å². The van der Waals surface area contributed by atoms with Gasteiger partial charge in [0.1, 0.15) is 0 Å². The van der Waals surface area contributed by atoms with Crippen molar-refractivity contribution in [3.63, 3.8) is 0 Å². The van der Waals surface area contributed by atoms with Crippen LogP contribution in [0.5, 0.6) is 0 Å². The van der Waals surface area contributed by atoms with Crippen molar-refractivity contribution in [3.8, 4) is 6.07 Å². The Morgan fingerprint density at radius 1 is 0.658 bits per heavy atom. The van der Waals surface area contributed by atoms with E-state index >= 15 is 0 Å². The molecule has 0 spiro atoms. The fraction of sp³-hybridized carbons (Fsp3) is 0.500. The molecule has 22 heteroatoms. The van der Waals surface area contributed by atoms with Crippen LogP contribution in [0, 0.1) is 11.3 Å². The zero-order valence-corrected chi connectivity index (χ0v) is 16.9. The number of ether oxygens (including phenoxy) is 2. The molecule has 1 rings (SSSR count). The molecular formula is C16H5F17N2O3. The number of hydrogen-bond donors (Lipinski definition) is 1. The van der Waals surface area contributed by atoms with E-state index in [4.69, 9.17) is 5.26 Å². The zero-order valence-electron chi connectivity index (χ0n) is 16.9. The maximum absolute atomic E-state index is 14.4.